The quantitative estimate of drug-likeness (QED) is 0.607. The molecule has 0 unspecified atom stereocenters. The number of hydrogen-bond acceptors (Lipinski definition) is 6. The molecule has 0 aliphatic carbocycles. The van der Waals surface area contributed by atoms with Crippen LogP contribution in [0.3, 0.4) is 0 Å². The van der Waals surface area contributed by atoms with E-state index in [1.165, 1.54) is 6.07 Å². The van der Waals surface area contributed by atoms with E-state index in [1.54, 1.807) is 24.4 Å². The lowest BCUT2D eigenvalue weighted by Crippen LogP contribution is -2.02. The molecule has 0 aliphatic rings. The van der Waals surface area contributed by atoms with Gasteiger partial charge >= 0.3 is 0 Å². The Morgan fingerprint density at radius 1 is 1.09 bits per heavy atom. The van der Waals surface area contributed by atoms with Gasteiger partial charge in [0.05, 0.1) is 0 Å². The highest BCUT2D eigenvalue weighted by Gasteiger charge is 2.13. The molecule has 0 amide bonds. The van der Waals surface area contributed by atoms with Gasteiger partial charge in [-0.15, -0.1) is 5.10 Å². The Labute approximate surface area is 123 Å². The number of aromatic amines is 1. The second kappa shape index (κ2) is 4.88. The number of H-pyrrole nitrogens is 1. The summed E-state index contributed by atoms with van der Waals surface area (Å²) in [5, 5.41) is 12.2. The summed E-state index contributed by atoms with van der Waals surface area (Å²) in [6.45, 7) is 0. The van der Waals surface area contributed by atoms with Gasteiger partial charge in [0.2, 0.25) is 5.82 Å². The fraction of sp³-hybridized carbons (Fsp3) is 0. The van der Waals surface area contributed by atoms with Gasteiger partial charge in [-0.2, -0.15) is 10.1 Å². The summed E-state index contributed by atoms with van der Waals surface area (Å²) in [6, 6.07) is 12.1. The molecule has 0 fully saturated rings. The normalized spacial score (nSPS) is 10.9. The lowest BCUT2D eigenvalue weighted by molar-refractivity contribution is 0.431. The topological polar surface area (TPSA) is 97.6 Å². The highest BCUT2D eigenvalue weighted by Crippen LogP contribution is 2.19. The molecule has 0 spiro atoms. The lowest BCUT2D eigenvalue weighted by Gasteiger charge is -1.99. The maximum absolute atomic E-state index is 12.1. The third-order valence-corrected chi connectivity index (χ3v) is 3.20. The van der Waals surface area contributed by atoms with E-state index in [1.807, 2.05) is 18.2 Å². The van der Waals surface area contributed by atoms with Crippen molar-refractivity contribution >= 4 is 10.9 Å². The van der Waals surface area contributed by atoms with Crippen molar-refractivity contribution in [2.75, 3.05) is 0 Å². The van der Waals surface area contributed by atoms with Crippen LogP contribution in [0.15, 0.2) is 58.0 Å². The summed E-state index contributed by atoms with van der Waals surface area (Å²) < 4.78 is 5.21. The number of fused-ring (bicyclic) bond motifs is 1. The largest absolute Gasteiger partial charge is 0.350 e. The molecule has 106 valence electrons. The number of aromatic nitrogens is 5. The van der Waals surface area contributed by atoms with E-state index in [2.05, 4.69) is 25.3 Å². The zero-order valence-corrected chi connectivity index (χ0v) is 11.2. The molecule has 1 aromatic carbocycles. The minimum Gasteiger partial charge on any atom is -0.350 e. The van der Waals surface area contributed by atoms with Crippen LogP contribution in [0.25, 0.3) is 34.0 Å². The highest BCUT2D eigenvalue weighted by atomic mass is 16.5. The first-order chi connectivity index (χ1) is 10.8. The maximum atomic E-state index is 12.1. The van der Waals surface area contributed by atoms with Crippen LogP contribution in [-0.4, -0.2) is 25.3 Å². The third-order valence-electron chi connectivity index (χ3n) is 3.20. The molecule has 3 aromatic heterocycles. The van der Waals surface area contributed by atoms with Crippen LogP contribution in [-0.2, 0) is 0 Å². The Morgan fingerprint density at radius 2 is 2.00 bits per heavy atom. The number of nitrogens with zero attached hydrogens (tertiary/aromatic N) is 4. The van der Waals surface area contributed by atoms with E-state index >= 15 is 0 Å². The average Bonchev–Trinajstić information content (AvgIpc) is 3.06. The first kappa shape index (κ1) is 12.4. The van der Waals surface area contributed by atoms with E-state index in [0.717, 1.165) is 0 Å². The molecule has 0 radical (unpaired) electrons. The van der Waals surface area contributed by atoms with E-state index in [0.29, 0.717) is 28.1 Å². The molecule has 1 N–H and O–H groups in total. The second-order valence-corrected chi connectivity index (χ2v) is 4.62. The molecule has 0 bridgehead atoms. The van der Waals surface area contributed by atoms with Gasteiger partial charge in [0.25, 0.3) is 5.89 Å². The molecule has 4 aromatic rings. The van der Waals surface area contributed by atoms with Gasteiger partial charge < -0.3 is 9.51 Å². The third kappa shape index (κ3) is 2.05. The average molecular weight is 291 g/mol. The van der Waals surface area contributed by atoms with Gasteiger partial charge in [-0.05, 0) is 24.3 Å². The van der Waals surface area contributed by atoms with Gasteiger partial charge in [-0.1, -0.05) is 17.3 Å². The first-order valence-electron chi connectivity index (χ1n) is 6.55. The molecular weight excluding hydrogens is 282 g/mol. The minimum absolute atomic E-state index is 0.108. The van der Waals surface area contributed by atoms with Crippen LogP contribution in [0, 0.1) is 0 Å². The zero-order valence-electron chi connectivity index (χ0n) is 11.2. The van der Waals surface area contributed by atoms with E-state index in [9.17, 15) is 4.79 Å². The van der Waals surface area contributed by atoms with Crippen molar-refractivity contribution in [3.63, 3.8) is 0 Å². The van der Waals surface area contributed by atoms with Crippen molar-refractivity contribution in [2.45, 2.75) is 0 Å². The standard InChI is InChI=1S/C15H9N5O2/c21-13-8-12(17-10-5-2-1-4-9(10)13)15-18-14(20-22-15)11-6-3-7-16-19-11/h1-8H,(H,17,21). The molecule has 0 aliphatic heterocycles. The molecular formula is C15H9N5O2. The molecule has 7 heteroatoms. The highest BCUT2D eigenvalue weighted by molar-refractivity contribution is 5.80. The summed E-state index contributed by atoms with van der Waals surface area (Å²) in [5.74, 6) is 0.542. The first-order valence-corrected chi connectivity index (χ1v) is 6.55. The van der Waals surface area contributed by atoms with Crippen LogP contribution >= 0.6 is 0 Å². The number of hydrogen-bond donors (Lipinski definition) is 1. The predicted molar refractivity (Wildman–Crippen MR) is 78.9 cm³/mol. The van der Waals surface area contributed by atoms with Crippen LogP contribution in [0.1, 0.15) is 0 Å². The number of para-hydroxylation sites is 1. The summed E-state index contributed by atoms with van der Waals surface area (Å²) in [7, 11) is 0. The molecule has 0 atom stereocenters. The van der Waals surface area contributed by atoms with Crippen molar-refractivity contribution in [2.24, 2.45) is 0 Å². The Balaban J connectivity index is 1.83. The Hall–Kier alpha value is -3.35. The fourth-order valence-corrected chi connectivity index (χ4v) is 2.17. The SMILES string of the molecule is O=c1cc(-c2nc(-c3cccnn3)no2)[nH]c2ccccc12. The van der Waals surface area contributed by atoms with Crippen LogP contribution < -0.4 is 5.43 Å². The van der Waals surface area contributed by atoms with Crippen LogP contribution in [0.5, 0.6) is 0 Å². The zero-order chi connectivity index (χ0) is 14.9. The summed E-state index contributed by atoms with van der Waals surface area (Å²) in [6.07, 6.45) is 1.56. The summed E-state index contributed by atoms with van der Waals surface area (Å²) in [4.78, 5) is 19.5. The summed E-state index contributed by atoms with van der Waals surface area (Å²) in [5.41, 5.74) is 1.57. The summed E-state index contributed by atoms with van der Waals surface area (Å²) >= 11 is 0. The molecule has 22 heavy (non-hydrogen) atoms. The van der Waals surface area contributed by atoms with Crippen molar-refractivity contribution < 1.29 is 4.52 Å². The molecule has 3 heterocycles. The van der Waals surface area contributed by atoms with Crippen molar-refractivity contribution in [1.82, 2.24) is 25.3 Å². The predicted octanol–water partition coefficient (Wildman–Crippen LogP) is 2.04. The monoisotopic (exact) mass is 291 g/mol. The van der Waals surface area contributed by atoms with Gasteiger partial charge in [-0.25, -0.2) is 0 Å². The molecule has 4 rings (SSSR count). The van der Waals surface area contributed by atoms with Crippen molar-refractivity contribution in [3.8, 4) is 23.1 Å². The maximum Gasteiger partial charge on any atom is 0.274 e. The smallest absolute Gasteiger partial charge is 0.274 e. The molecule has 0 saturated heterocycles. The number of benzene rings is 1. The second-order valence-electron chi connectivity index (χ2n) is 4.62. The Morgan fingerprint density at radius 3 is 2.86 bits per heavy atom. The van der Waals surface area contributed by atoms with E-state index in [4.69, 9.17) is 4.52 Å². The number of nitrogens with one attached hydrogen (secondary N) is 1. The molecule has 7 nitrogen and oxygen atoms in total. The number of pyridine rings is 1. The Kier molecular flexibility index (Phi) is 2.75. The van der Waals surface area contributed by atoms with Gasteiger partial charge in [0, 0.05) is 23.2 Å². The van der Waals surface area contributed by atoms with Gasteiger partial charge in [-0.3, -0.25) is 4.79 Å². The number of rotatable bonds is 2. The Bertz CT molecular complexity index is 1010. The minimum atomic E-state index is -0.108. The van der Waals surface area contributed by atoms with E-state index in [-0.39, 0.29) is 11.3 Å². The van der Waals surface area contributed by atoms with Gasteiger partial charge in [0.1, 0.15) is 11.4 Å². The van der Waals surface area contributed by atoms with Crippen LogP contribution in [0.2, 0.25) is 0 Å². The van der Waals surface area contributed by atoms with Crippen molar-refractivity contribution in [3.05, 3.63) is 58.9 Å². The lowest BCUT2D eigenvalue weighted by atomic mass is 10.2. The fourth-order valence-electron chi connectivity index (χ4n) is 2.17. The van der Waals surface area contributed by atoms with Gasteiger partial charge in [0.15, 0.2) is 5.43 Å². The van der Waals surface area contributed by atoms with Crippen LogP contribution in [0.4, 0.5) is 0 Å². The molecule has 0 saturated carbocycles. The van der Waals surface area contributed by atoms with Crippen molar-refractivity contribution in [1.29, 1.82) is 0 Å². The van der Waals surface area contributed by atoms with E-state index < -0.39 is 0 Å².